The van der Waals surface area contributed by atoms with Crippen molar-refractivity contribution >= 4 is 39.8 Å². The van der Waals surface area contributed by atoms with Gasteiger partial charge in [-0.05, 0) is 41.5 Å². The van der Waals surface area contributed by atoms with Gasteiger partial charge in [0.15, 0.2) is 0 Å². The van der Waals surface area contributed by atoms with Crippen molar-refractivity contribution in [2.75, 3.05) is 6.61 Å². The molecule has 1 amide bonds. The highest BCUT2D eigenvalue weighted by atomic mass is 127. The fourth-order valence-corrected chi connectivity index (χ4v) is 3.45. The number of thiophene rings is 1. The molecule has 0 spiro atoms. The summed E-state index contributed by atoms with van der Waals surface area (Å²) in [6.07, 6.45) is 3.10. The van der Waals surface area contributed by atoms with Crippen molar-refractivity contribution in [3.05, 3.63) is 19.9 Å². The van der Waals surface area contributed by atoms with Gasteiger partial charge in [0.2, 0.25) is 0 Å². The highest BCUT2D eigenvalue weighted by Crippen LogP contribution is 2.25. The number of amides is 1. The second-order valence-electron chi connectivity index (χ2n) is 4.09. The van der Waals surface area contributed by atoms with Crippen LogP contribution in [0.15, 0.2) is 11.4 Å². The zero-order valence-electron chi connectivity index (χ0n) is 8.78. The molecule has 1 aromatic rings. The van der Waals surface area contributed by atoms with E-state index in [1.807, 2.05) is 11.4 Å². The molecule has 1 aliphatic rings. The van der Waals surface area contributed by atoms with Crippen LogP contribution in [-0.2, 0) is 0 Å². The molecule has 0 bridgehead atoms. The third kappa shape index (κ3) is 2.75. The lowest BCUT2D eigenvalue weighted by atomic mass is 10.0. The Hall–Kier alpha value is -0.140. The second kappa shape index (κ2) is 5.46. The Morgan fingerprint density at radius 3 is 3.06 bits per heavy atom. The third-order valence-electron chi connectivity index (χ3n) is 3.04. The first-order chi connectivity index (χ1) is 7.70. The molecular weight excluding hydrogens is 337 g/mol. The van der Waals surface area contributed by atoms with E-state index in [4.69, 9.17) is 0 Å². The Morgan fingerprint density at radius 1 is 1.62 bits per heavy atom. The Labute approximate surface area is 112 Å². The molecule has 0 saturated heterocycles. The van der Waals surface area contributed by atoms with Gasteiger partial charge in [-0.1, -0.05) is 6.42 Å². The summed E-state index contributed by atoms with van der Waals surface area (Å²) in [6.45, 7) is 0.173. The van der Waals surface area contributed by atoms with Crippen molar-refractivity contribution < 1.29 is 9.90 Å². The summed E-state index contributed by atoms with van der Waals surface area (Å²) in [5, 5.41) is 14.1. The van der Waals surface area contributed by atoms with Crippen LogP contribution in [0.3, 0.4) is 0 Å². The maximum Gasteiger partial charge on any atom is 0.252 e. The van der Waals surface area contributed by atoms with Gasteiger partial charge in [0, 0.05) is 23.9 Å². The third-order valence-corrected chi connectivity index (χ3v) is 4.83. The van der Waals surface area contributed by atoms with Gasteiger partial charge in [0.25, 0.3) is 5.91 Å². The van der Waals surface area contributed by atoms with Crippen LogP contribution >= 0.6 is 33.9 Å². The summed E-state index contributed by atoms with van der Waals surface area (Å²) in [7, 11) is 0. The van der Waals surface area contributed by atoms with E-state index in [1.165, 1.54) is 0 Å². The molecule has 1 fully saturated rings. The van der Waals surface area contributed by atoms with Crippen molar-refractivity contribution in [2.45, 2.75) is 25.3 Å². The van der Waals surface area contributed by atoms with Crippen LogP contribution in [0, 0.1) is 8.80 Å². The minimum absolute atomic E-state index is 0.00971. The minimum Gasteiger partial charge on any atom is -0.396 e. The molecular formula is C11H14INO2S. The monoisotopic (exact) mass is 351 g/mol. The highest BCUT2D eigenvalue weighted by Gasteiger charge is 2.28. The average Bonchev–Trinajstić information content (AvgIpc) is 2.86. The van der Waals surface area contributed by atoms with E-state index in [-0.39, 0.29) is 24.5 Å². The lowest BCUT2D eigenvalue weighted by Crippen LogP contribution is -2.38. The van der Waals surface area contributed by atoms with Crippen molar-refractivity contribution in [3.63, 3.8) is 0 Å². The number of carbonyl (C=O) groups excluding carboxylic acids is 1. The van der Waals surface area contributed by atoms with Gasteiger partial charge < -0.3 is 10.4 Å². The summed E-state index contributed by atoms with van der Waals surface area (Å²) in [6, 6.07) is 2.04. The molecule has 88 valence electrons. The lowest BCUT2D eigenvalue weighted by Gasteiger charge is -2.18. The van der Waals surface area contributed by atoms with Crippen LogP contribution in [0.25, 0.3) is 0 Å². The number of hydrogen-bond acceptors (Lipinski definition) is 3. The molecule has 0 radical (unpaired) electrons. The molecule has 16 heavy (non-hydrogen) atoms. The first-order valence-corrected chi connectivity index (χ1v) is 7.32. The summed E-state index contributed by atoms with van der Waals surface area (Å²) < 4.78 is 1.12. The van der Waals surface area contributed by atoms with Gasteiger partial charge in [-0.25, -0.2) is 0 Å². The predicted octanol–water partition coefficient (Wildman–Crippen LogP) is 2.24. The molecule has 1 saturated carbocycles. The fourth-order valence-electron chi connectivity index (χ4n) is 2.13. The quantitative estimate of drug-likeness (QED) is 0.821. The summed E-state index contributed by atoms with van der Waals surface area (Å²) in [4.78, 5) is 11.9. The fraction of sp³-hybridized carbons (Fsp3) is 0.545. The number of aliphatic hydroxyl groups is 1. The molecule has 1 aromatic heterocycles. The van der Waals surface area contributed by atoms with Gasteiger partial charge in [-0.15, -0.1) is 11.3 Å². The number of rotatable bonds is 3. The first kappa shape index (κ1) is 12.3. The number of aliphatic hydroxyl groups excluding tert-OH is 1. The van der Waals surface area contributed by atoms with Gasteiger partial charge in [0.05, 0.1) is 8.45 Å². The van der Waals surface area contributed by atoms with Crippen molar-refractivity contribution in [1.82, 2.24) is 5.32 Å². The number of halogens is 1. The van der Waals surface area contributed by atoms with Gasteiger partial charge >= 0.3 is 0 Å². The van der Waals surface area contributed by atoms with Gasteiger partial charge in [-0.3, -0.25) is 4.79 Å². The summed E-state index contributed by atoms with van der Waals surface area (Å²) in [5.74, 6) is 0.228. The molecule has 2 rings (SSSR count). The summed E-state index contributed by atoms with van der Waals surface area (Å²) >= 11 is 3.78. The lowest BCUT2D eigenvalue weighted by molar-refractivity contribution is 0.0916. The van der Waals surface area contributed by atoms with E-state index >= 15 is 0 Å². The standard InChI is InChI=1S/C11H14INO2S/c12-10-4-8(6-16-10)11(15)13-9-3-1-2-7(9)5-14/h4,6-7,9,14H,1-3,5H2,(H,13,15). The van der Waals surface area contributed by atoms with Crippen LogP contribution in [0.2, 0.25) is 0 Å². The van der Waals surface area contributed by atoms with Crippen LogP contribution in [0.4, 0.5) is 0 Å². The molecule has 2 atom stereocenters. The molecule has 5 heteroatoms. The zero-order valence-corrected chi connectivity index (χ0v) is 11.8. The van der Waals surface area contributed by atoms with Crippen LogP contribution in [-0.4, -0.2) is 23.7 Å². The van der Waals surface area contributed by atoms with Gasteiger partial charge in [-0.2, -0.15) is 0 Å². The molecule has 2 unspecified atom stereocenters. The predicted molar refractivity (Wildman–Crippen MR) is 72.7 cm³/mol. The normalized spacial score (nSPS) is 24.6. The number of hydrogen-bond donors (Lipinski definition) is 2. The zero-order chi connectivity index (χ0) is 11.5. The molecule has 1 heterocycles. The van der Waals surface area contributed by atoms with E-state index in [0.29, 0.717) is 0 Å². The van der Waals surface area contributed by atoms with E-state index in [9.17, 15) is 9.90 Å². The molecule has 3 nitrogen and oxygen atoms in total. The average molecular weight is 351 g/mol. The molecule has 1 aliphatic carbocycles. The summed E-state index contributed by atoms with van der Waals surface area (Å²) in [5.41, 5.74) is 0.734. The van der Waals surface area contributed by atoms with Crippen LogP contribution in [0.5, 0.6) is 0 Å². The number of nitrogens with one attached hydrogen (secondary N) is 1. The molecule has 0 aliphatic heterocycles. The second-order valence-corrected chi connectivity index (χ2v) is 6.90. The molecule has 0 aromatic carbocycles. The Bertz CT molecular complexity index is 380. The maximum absolute atomic E-state index is 11.9. The van der Waals surface area contributed by atoms with Crippen molar-refractivity contribution in [3.8, 4) is 0 Å². The van der Waals surface area contributed by atoms with Crippen LogP contribution < -0.4 is 5.32 Å². The van der Waals surface area contributed by atoms with Gasteiger partial charge in [0.1, 0.15) is 0 Å². The Balaban J connectivity index is 1.97. The highest BCUT2D eigenvalue weighted by molar-refractivity contribution is 14.1. The van der Waals surface area contributed by atoms with Crippen molar-refractivity contribution in [1.29, 1.82) is 0 Å². The minimum atomic E-state index is -0.00971. The maximum atomic E-state index is 11.9. The van der Waals surface area contributed by atoms with E-state index < -0.39 is 0 Å². The Morgan fingerprint density at radius 2 is 2.44 bits per heavy atom. The van der Waals surface area contributed by atoms with Crippen LogP contribution in [0.1, 0.15) is 29.6 Å². The topological polar surface area (TPSA) is 49.3 Å². The largest absolute Gasteiger partial charge is 0.396 e. The number of carbonyl (C=O) groups is 1. The first-order valence-electron chi connectivity index (χ1n) is 5.36. The van der Waals surface area contributed by atoms with E-state index in [1.54, 1.807) is 11.3 Å². The smallest absolute Gasteiger partial charge is 0.252 e. The SMILES string of the molecule is O=C(NC1CCCC1CO)c1csc(I)c1. The van der Waals surface area contributed by atoms with E-state index in [0.717, 1.165) is 27.7 Å². The Kier molecular flexibility index (Phi) is 4.21. The van der Waals surface area contributed by atoms with E-state index in [2.05, 4.69) is 27.9 Å². The molecule has 2 N–H and O–H groups in total. The van der Waals surface area contributed by atoms with Crippen molar-refractivity contribution in [2.24, 2.45) is 5.92 Å².